The topological polar surface area (TPSA) is 223 Å². The van der Waals surface area contributed by atoms with Gasteiger partial charge in [-0.05, 0) is 85.3 Å². The fourth-order valence-electron chi connectivity index (χ4n) is 3.67. The van der Waals surface area contributed by atoms with Crippen molar-refractivity contribution in [1.82, 2.24) is 65.0 Å². The number of oxazole rings is 1. The Kier molecular flexibility index (Phi) is 76.7. The molecule has 0 radical (unpaired) electrons. The monoisotopic (exact) mass is 1350 g/mol. The number of hydrogen-bond donors (Lipinski definition) is 1. The molecule has 0 bridgehead atoms. The zero-order valence-corrected chi connectivity index (χ0v) is 67.5. The van der Waals surface area contributed by atoms with Crippen LogP contribution in [0.3, 0.4) is 0 Å². The zero-order valence-electron chi connectivity index (χ0n) is 64.3. The number of furan rings is 1. The van der Waals surface area contributed by atoms with Crippen LogP contribution in [0.2, 0.25) is 0 Å². The van der Waals surface area contributed by atoms with E-state index in [1.807, 2.05) is 151 Å². The summed E-state index contributed by atoms with van der Waals surface area (Å²) in [7, 11) is 0. The molecule has 9 rings (SSSR count). The van der Waals surface area contributed by atoms with Gasteiger partial charge in [0.2, 0.25) is 17.7 Å². The summed E-state index contributed by atoms with van der Waals surface area (Å²) in [5.74, 6) is 9.65. The maximum atomic E-state index is 5.12. The van der Waals surface area contributed by atoms with Gasteiger partial charge in [-0.25, -0.2) is 15.0 Å². The maximum Gasteiger partial charge on any atom is 0.229 e. The minimum absolute atomic E-state index is 0.0603. The van der Waals surface area contributed by atoms with Crippen LogP contribution < -0.4 is 0 Å². The Balaban J connectivity index is -0.000000137. The normalized spacial score (nSPS) is 9.41. The molecule has 0 spiro atoms. The second-order valence-electron chi connectivity index (χ2n) is 23.9. The van der Waals surface area contributed by atoms with Crippen LogP contribution in [0.15, 0.2) is 101 Å². The Hall–Kier alpha value is -5.64. The van der Waals surface area contributed by atoms with Gasteiger partial charge in [-0.15, -0.1) is 43.1 Å². The van der Waals surface area contributed by atoms with Crippen LogP contribution in [-0.2, 0) is 5.41 Å². The first-order valence-electron chi connectivity index (χ1n) is 32.2. The summed E-state index contributed by atoms with van der Waals surface area (Å²) >= 11 is 6.48. The van der Waals surface area contributed by atoms with Crippen molar-refractivity contribution in [3.8, 4) is 0 Å². The van der Waals surface area contributed by atoms with Crippen molar-refractivity contribution in [3.63, 3.8) is 0 Å². The van der Waals surface area contributed by atoms with Gasteiger partial charge < -0.3 is 17.8 Å². The summed E-state index contributed by atoms with van der Waals surface area (Å²) < 4.78 is 23.1. The molecule has 17 nitrogen and oxygen atoms in total. The molecule has 0 unspecified atom stereocenters. The number of thiophene rings is 1. The van der Waals surface area contributed by atoms with Crippen molar-refractivity contribution in [2.75, 3.05) is 0 Å². The Morgan fingerprint density at radius 1 is 0.473 bits per heavy atom. The van der Waals surface area contributed by atoms with Gasteiger partial charge in [0, 0.05) is 47.6 Å². The van der Waals surface area contributed by atoms with Crippen molar-refractivity contribution < 1.29 is 17.8 Å². The molecule has 0 saturated heterocycles. The Labute approximate surface area is 572 Å². The third-order valence-electron chi connectivity index (χ3n) is 6.96. The molecule has 1 N–H and O–H groups in total. The predicted molar refractivity (Wildman–Crippen MR) is 397 cm³/mol. The van der Waals surface area contributed by atoms with Crippen LogP contribution >= 0.6 is 45.5 Å². The molecular formula is C70H133N13O4S4. The van der Waals surface area contributed by atoms with Crippen LogP contribution in [0.25, 0.3) is 0 Å². The molecule has 9 aromatic heterocycles. The Morgan fingerprint density at radius 2 is 0.956 bits per heavy atom. The van der Waals surface area contributed by atoms with Crippen molar-refractivity contribution in [2.45, 2.75) is 285 Å². The Bertz CT molecular complexity index is 2240. The number of thiazole rings is 1. The highest BCUT2D eigenvalue weighted by Gasteiger charge is 2.18. The summed E-state index contributed by atoms with van der Waals surface area (Å²) in [5, 5.41) is 35.3. The minimum atomic E-state index is 0.0603. The lowest BCUT2D eigenvalue weighted by atomic mass is 9.96. The van der Waals surface area contributed by atoms with E-state index in [2.05, 4.69) is 212 Å². The number of H-pyrrole nitrogens is 1. The first-order chi connectivity index (χ1) is 42.5. The van der Waals surface area contributed by atoms with Gasteiger partial charge in [0.15, 0.2) is 18.0 Å². The van der Waals surface area contributed by atoms with Gasteiger partial charge in [-0.1, -0.05) is 239 Å². The van der Waals surface area contributed by atoms with Gasteiger partial charge >= 0.3 is 0 Å². The van der Waals surface area contributed by atoms with Crippen LogP contribution in [0.4, 0.5) is 0 Å². The summed E-state index contributed by atoms with van der Waals surface area (Å²) in [4.78, 5) is 19.8. The lowest BCUT2D eigenvalue weighted by Gasteiger charge is -2.11. The molecule has 0 aromatic carbocycles. The average molecular weight is 1350 g/mol. The number of aromatic amines is 1. The number of aryl methyl sites for hydroxylation is 5. The Morgan fingerprint density at radius 3 is 1.11 bits per heavy atom. The largest absolute Gasteiger partial charge is 0.473 e. The third-order valence-corrected chi connectivity index (χ3v) is 10.4. The summed E-state index contributed by atoms with van der Waals surface area (Å²) in [6.45, 7) is 76.5. The highest BCUT2D eigenvalue weighted by atomic mass is 32.1. The quantitative estimate of drug-likeness (QED) is 0.173. The van der Waals surface area contributed by atoms with Crippen LogP contribution in [0, 0.1) is 57.8 Å². The second kappa shape index (κ2) is 68.7. The smallest absolute Gasteiger partial charge is 0.229 e. The van der Waals surface area contributed by atoms with E-state index >= 15 is 0 Å². The van der Waals surface area contributed by atoms with Crippen molar-refractivity contribution in [2.24, 2.45) is 23.2 Å². The lowest BCUT2D eigenvalue weighted by molar-refractivity contribution is 0.362. The van der Waals surface area contributed by atoms with Crippen molar-refractivity contribution >= 4 is 45.5 Å². The molecule has 0 aliphatic carbocycles. The molecule has 0 aliphatic rings. The van der Waals surface area contributed by atoms with E-state index in [9.17, 15) is 0 Å². The van der Waals surface area contributed by atoms with Crippen LogP contribution in [0.1, 0.15) is 301 Å². The molecule has 0 amide bonds. The van der Waals surface area contributed by atoms with Gasteiger partial charge in [0.1, 0.15) is 32.9 Å². The SMILES string of the molecule is CC.CC.CC.CC.CC(C)(C)C.CC(C)C.CC(C)C.CC(C)C.Cc1nc(C(C)(C)C)n[nH]1.Cc1nnc(C(C)C)o1.Cc1nnc(C(C)C)s1.Cc1noc(C(C)C)n1.Cc1nsc(C(C)C)n1.c1ccoc1.c1ccsc1.c1cocn1.c1cscn1. The maximum absolute atomic E-state index is 5.12. The van der Waals surface area contributed by atoms with E-state index in [4.69, 9.17) is 8.94 Å². The molecule has 0 aliphatic heterocycles. The van der Waals surface area contributed by atoms with E-state index in [0.717, 1.165) is 50.2 Å². The predicted octanol–water partition coefficient (Wildman–Crippen LogP) is 24.3. The molecule has 9 aromatic rings. The number of nitrogens with one attached hydrogen (secondary N) is 1. The highest BCUT2D eigenvalue weighted by molar-refractivity contribution is 7.11. The van der Waals surface area contributed by atoms with Gasteiger partial charge in [-0.2, -0.15) is 25.8 Å². The number of aromatic nitrogens is 13. The first kappa shape index (κ1) is 102. The molecule has 21 heteroatoms. The second-order valence-corrected chi connectivity index (χ2v) is 27.5. The molecule has 0 atom stereocenters. The molecule has 0 saturated carbocycles. The summed E-state index contributed by atoms with van der Waals surface area (Å²) in [6.07, 6.45) is 9.49. The van der Waals surface area contributed by atoms with Gasteiger partial charge in [0.25, 0.3) is 0 Å². The summed E-state index contributed by atoms with van der Waals surface area (Å²) in [5.41, 5.74) is 2.35. The van der Waals surface area contributed by atoms with Crippen molar-refractivity contribution in [3.05, 3.63) is 139 Å². The molecular weight excluding hydrogens is 1220 g/mol. The van der Waals surface area contributed by atoms with Gasteiger partial charge in [-0.3, -0.25) is 10.1 Å². The van der Waals surface area contributed by atoms with Gasteiger partial charge in [0.05, 0.1) is 24.2 Å². The number of rotatable bonds is 4. The highest BCUT2D eigenvalue weighted by Crippen LogP contribution is 2.19. The molecule has 526 valence electrons. The van der Waals surface area contributed by atoms with Crippen LogP contribution in [-0.4, -0.2) is 65.0 Å². The van der Waals surface area contributed by atoms with E-state index in [0.29, 0.717) is 52.6 Å². The van der Waals surface area contributed by atoms with E-state index in [1.165, 1.54) is 24.2 Å². The summed E-state index contributed by atoms with van der Waals surface area (Å²) in [6, 6.07) is 7.70. The molecule has 9 heterocycles. The molecule has 91 heavy (non-hydrogen) atoms. The lowest BCUT2D eigenvalue weighted by Crippen LogP contribution is -2.13. The molecule has 0 fully saturated rings. The zero-order chi connectivity index (χ0) is 72.6. The van der Waals surface area contributed by atoms with E-state index in [-0.39, 0.29) is 5.41 Å². The average Bonchev–Trinajstić information content (AvgIpc) is 2.27. The fraction of sp³-hybridized carbons (Fsp3) is 0.657. The van der Waals surface area contributed by atoms with Crippen LogP contribution in [0.5, 0.6) is 0 Å². The van der Waals surface area contributed by atoms with Crippen molar-refractivity contribution in [1.29, 1.82) is 0 Å². The van der Waals surface area contributed by atoms with E-state index < -0.39 is 0 Å². The first-order valence-corrected chi connectivity index (χ1v) is 35.7. The third kappa shape index (κ3) is 86.4. The standard InChI is InChI=1S/C7H13N3.2C6H10N2O.2C6H10N2S.C5H12.C4H4O.C4H4S.3C4H10.C3H3NO.C3H3NS.4C2H6/c1-5-8-6(10-9-5)7(2,3)4;1-4(2)6-8-7-5(3)9-6;1-4(2)6-7-5(3)8-9-6;1-4(2)6-8-7-5(3)9-6;1-4(2)6-7-5(3)8-9-6;1-5(2,3)4;2*1-2-4-5-3-1;3*1-4(2)3;2*1-2-5-3-4-1;4*1-2/h1-4H3,(H,8,9,10);4*4H,1-3H3;1-4H3;2*1-4H;3*4H,1-3H3;2*1-3H;4*1-2H3. The fourth-order valence-corrected chi connectivity index (χ4v) is 5.83. The van der Waals surface area contributed by atoms with E-state index in [1.54, 1.807) is 71.4 Å². The minimum Gasteiger partial charge on any atom is -0.473 e. The number of nitrogens with zero attached hydrogens (tertiary/aromatic N) is 12. The number of hydrogen-bond acceptors (Lipinski definition) is 20.